The number of rotatable bonds is 4. The van der Waals surface area contributed by atoms with E-state index in [2.05, 4.69) is 4.98 Å². The first-order valence-electron chi connectivity index (χ1n) is 10.9. The number of para-hydroxylation sites is 1. The van der Waals surface area contributed by atoms with E-state index < -0.39 is 0 Å². The van der Waals surface area contributed by atoms with Gasteiger partial charge in [-0.05, 0) is 55.0 Å². The lowest BCUT2D eigenvalue weighted by molar-refractivity contribution is -0.143. The van der Waals surface area contributed by atoms with Crippen molar-refractivity contribution in [3.63, 3.8) is 0 Å². The molecule has 0 unspecified atom stereocenters. The molecule has 2 bridgehead atoms. The predicted octanol–water partition coefficient (Wildman–Crippen LogP) is 4.73. The van der Waals surface area contributed by atoms with Gasteiger partial charge in [-0.15, -0.1) is 0 Å². The minimum Gasteiger partial charge on any atom is -0.274 e. The van der Waals surface area contributed by atoms with Gasteiger partial charge in [-0.25, -0.2) is 4.98 Å². The summed E-state index contributed by atoms with van der Waals surface area (Å²) in [6, 6.07) is 13.0. The molecular formula is C25H20ClN3O3S. The van der Waals surface area contributed by atoms with Gasteiger partial charge in [0.15, 0.2) is 5.13 Å². The number of imide groups is 1. The monoisotopic (exact) mass is 477 g/mol. The van der Waals surface area contributed by atoms with Gasteiger partial charge >= 0.3 is 0 Å². The van der Waals surface area contributed by atoms with Gasteiger partial charge < -0.3 is 0 Å². The van der Waals surface area contributed by atoms with Crippen LogP contribution in [-0.2, 0) is 14.4 Å². The molecule has 6 rings (SSSR count). The zero-order valence-electron chi connectivity index (χ0n) is 17.8. The molecule has 166 valence electrons. The third-order valence-electron chi connectivity index (χ3n) is 7.06. The minimum atomic E-state index is -0.388. The smallest absolute Gasteiger partial charge is 0.253 e. The molecule has 33 heavy (non-hydrogen) atoms. The zero-order chi connectivity index (χ0) is 22.9. The molecule has 2 fully saturated rings. The lowest BCUT2D eigenvalue weighted by Crippen LogP contribution is -2.42. The average Bonchev–Trinajstić information content (AvgIpc) is 3.57. The Balaban J connectivity index is 1.38. The van der Waals surface area contributed by atoms with E-state index in [-0.39, 0.29) is 47.9 Å². The van der Waals surface area contributed by atoms with Crippen molar-refractivity contribution >= 4 is 61.7 Å². The van der Waals surface area contributed by atoms with Crippen LogP contribution in [0.25, 0.3) is 10.2 Å². The molecule has 1 aliphatic heterocycles. The van der Waals surface area contributed by atoms with Crippen LogP contribution in [-0.4, -0.2) is 34.2 Å². The third-order valence-corrected chi connectivity index (χ3v) is 8.49. The fraction of sp³-hybridized carbons (Fsp3) is 0.280. The molecule has 1 aromatic heterocycles. The van der Waals surface area contributed by atoms with Crippen molar-refractivity contribution in [3.05, 3.63) is 65.2 Å². The molecule has 8 heteroatoms. The molecule has 1 saturated heterocycles. The number of hydrogen-bond donors (Lipinski definition) is 0. The Morgan fingerprint density at radius 3 is 2.48 bits per heavy atom. The molecule has 3 aliphatic rings. The third kappa shape index (κ3) is 3.06. The number of carbonyl (C=O) groups is 3. The van der Waals surface area contributed by atoms with Crippen molar-refractivity contribution in [1.82, 2.24) is 9.88 Å². The van der Waals surface area contributed by atoms with Crippen LogP contribution in [0.2, 0.25) is 5.02 Å². The largest absolute Gasteiger partial charge is 0.274 e. The number of hydrogen-bond acceptors (Lipinski definition) is 5. The Morgan fingerprint density at radius 2 is 1.79 bits per heavy atom. The van der Waals surface area contributed by atoms with Gasteiger partial charge in [0.1, 0.15) is 6.54 Å². The number of allylic oxidation sites excluding steroid dienone is 2. The van der Waals surface area contributed by atoms with Crippen LogP contribution in [0.1, 0.15) is 12.0 Å². The van der Waals surface area contributed by atoms with Crippen molar-refractivity contribution in [2.24, 2.45) is 23.7 Å². The van der Waals surface area contributed by atoms with Crippen molar-refractivity contribution in [3.8, 4) is 0 Å². The topological polar surface area (TPSA) is 70.6 Å². The maximum atomic E-state index is 13.7. The molecule has 3 amide bonds. The van der Waals surface area contributed by atoms with Crippen LogP contribution in [0.3, 0.4) is 0 Å². The van der Waals surface area contributed by atoms with Gasteiger partial charge in [-0.3, -0.25) is 24.2 Å². The van der Waals surface area contributed by atoms with Crippen LogP contribution in [0, 0.1) is 30.6 Å². The summed E-state index contributed by atoms with van der Waals surface area (Å²) in [5.74, 6) is -1.31. The number of thiazole rings is 1. The highest BCUT2D eigenvalue weighted by Gasteiger charge is 2.59. The molecule has 4 atom stereocenters. The second-order valence-corrected chi connectivity index (χ2v) is 10.3. The summed E-state index contributed by atoms with van der Waals surface area (Å²) in [7, 11) is 0. The fourth-order valence-corrected chi connectivity index (χ4v) is 6.63. The Morgan fingerprint density at radius 1 is 1.09 bits per heavy atom. The van der Waals surface area contributed by atoms with Gasteiger partial charge in [0.05, 0.1) is 27.7 Å². The van der Waals surface area contributed by atoms with E-state index in [1.165, 1.54) is 16.2 Å². The van der Waals surface area contributed by atoms with Crippen LogP contribution < -0.4 is 4.90 Å². The maximum absolute atomic E-state index is 13.7. The highest BCUT2D eigenvalue weighted by molar-refractivity contribution is 7.22. The van der Waals surface area contributed by atoms with Gasteiger partial charge in [-0.2, -0.15) is 0 Å². The molecule has 0 spiro atoms. The molecule has 6 nitrogen and oxygen atoms in total. The van der Waals surface area contributed by atoms with Gasteiger partial charge in [0, 0.05) is 5.02 Å². The van der Waals surface area contributed by atoms with Gasteiger partial charge in [0.2, 0.25) is 11.8 Å². The van der Waals surface area contributed by atoms with Crippen molar-refractivity contribution < 1.29 is 14.4 Å². The number of carbonyl (C=O) groups excluding carboxylic acids is 3. The average molecular weight is 478 g/mol. The van der Waals surface area contributed by atoms with E-state index in [1.807, 2.05) is 43.3 Å². The van der Waals surface area contributed by atoms with Crippen LogP contribution in [0.5, 0.6) is 0 Å². The number of nitrogens with zero attached hydrogens (tertiary/aromatic N) is 3. The second-order valence-electron chi connectivity index (χ2n) is 8.84. The van der Waals surface area contributed by atoms with Gasteiger partial charge in [-0.1, -0.05) is 53.3 Å². The molecule has 0 N–H and O–H groups in total. The summed E-state index contributed by atoms with van der Waals surface area (Å²) >= 11 is 7.75. The number of fused-ring (bicyclic) bond motifs is 6. The van der Waals surface area contributed by atoms with Crippen LogP contribution >= 0.6 is 22.9 Å². The van der Waals surface area contributed by atoms with Crippen LogP contribution in [0.15, 0.2) is 54.6 Å². The van der Waals surface area contributed by atoms with E-state index in [1.54, 1.807) is 18.2 Å². The van der Waals surface area contributed by atoms with Crippen LogP contribution in [0.4, 0.5) is 10.8 Å². The fourth-order valence-electron chi connectivity index (χ4n) is 5.46. The van der Waals surface area contributed by atoms with E-state index in [9.17, 15) is 14.4 Å². The number of benzene rings is 2. The number of aromatic nitrogens is 1. The Kier molecular flexibility index (Phi) is 4.67. The predicted molar refractivity (Wildman–Crippen MR) is 127 cm³/mol. The van der Waals surface area contributed by atoms with E-state index in [0.717, 1.165) is 27.1 Å². The Hall–Kier alpha value is -3.03. The van der Waals surface area contributed by atoms with Gasteiger partial charge in [0.25, 0.3) is 5.91 Å². The lowest BCUT2D eigenvalue weighted by atomic mass is 9.85. The zero-order valence-corrected chi connectivity index (χ0v) is 19.3. The summed E-state index contributed by atoms with van der Waals surface area (Å²) in [6.07, 6.45) is 4.95. The molecule has 2 aliphatic carbocycles. The first-order chi connectivity index (χ1) is 15.9. The van der Waals surface area contributed by atoms with Crippen molar-refractivity contribution in [2.45, 2.75) is 13.3 Å². The second kappa shape index (κ2) is 7.50. The molecular weight excluding hydrogens is 458 g/mol. The highest BCUT2D eigenvalue weighted by atomic mass is 35.5. The number of amides is 3. The standard InChI is InChI=1S/C25H20ClN3O3S/c1-13-16(26)5-4-7-18(13)29(25-27-17-6-2-3-8-19(17)33-25)20(30)12-28-23(31)21-14-9-10-15(11-14)22(21)24(28)32/h2-10,14-15,21-22H,11-12H2,1H3/t14-,15-,21+,22+/m0/s1. The molecule has 0 radical (unpaired) electrons. The normalized spacial score (nSPS) is 25.3. The number of likely N-dealkylation sites (tertiary alicyclic amines) is 1. The molecule has 2 heterocycles. The maximum Gasteiger partial charge on any atom is 0.253 e. The van der Waals surface area contributed by atoms with E-state index in [4.69, 9.17) is 11.6 Å². The summed E-state index contributed by atoms with van der Waals surface area (Å²) < 4.78 is 0.940. The quantitative estimate of drug-likeness (QED) is 0.402. The molecule has 1 saturated carbocycles. The first kappa shape index (κ1) is 20.6. The Bertz CT molecular complexity index is 1300. The number of halogens is 1. The minimum absolute atomic E-state index is 0.104. The Labute approximate surface area is 199 Å². The van der Waals surface area contributed by atoms with E-state index >= 15 is 0 Å². The van der Waals surface area contributed by atoms with Crippen molar-refractivity contribution in [2.75, 3.05) is 11.4 Å². The summed E-state index contributed by atoms with van der Waals surface area (Å²) in [5.41, 5.74) is 2.10. The summed E-state index contributed by atoms with van der Waals surface area (Å²) in [4.78, 5) is 47.3. The summed E-state index contributed by atoms with van der Waals surface area (Å²) in [6.45, 7) is 1.52. The lowest BCUT2D eigenvalue weighted by Gasteiger charge is -2.25. The molecule has 2 aromatic carbocycles. The SMILES string of the molecule is Cc1c(Cl)cccc1N(C(=O)CN1C(=O)[C@H]2[C@H](C1=O)[C@H]1C=C[C@H]2C1)c1nc2ccccc2s1. The highest BCUT2D eigenvalue weighted by Crippen LogP contribution is 2.52. The first-order valence-corrected chi connectivity index (χ1v) is 12.1. The summed E-state index contributed by atoms with van der Waals surface area (Å²) in [5, 5.41) is 1.00. The molecule has 3 aromatic rings. The van der Waals surface area contributed by atoms with E-state index in [0.29, 0.717) is 15.8 Å². The van der Waals surface area contributed by atoms with Crippen molar-refractivity contribution in [1.29, 1.82) is 0 Å². The number of anilines is 2.